The van der Waals surface area contributed by atoms with Gasteiger partial charge in [-0.2, -0.15) is 4.98 Å². The van der Waals surface area contributed by atoms with Gasteiger partial charge in [0.1, 0.15) is 11.8 Å². The lowest BCUT2D eigenvalue weighted by atomic mass is 9.85. The predicted octanol–water partition coefficient (Wildman–Crippen LogP) is 6.02. The molecule has 0 radical (unpaired) electrons. The Morgan fingerprint density at radius 3 is 2.94 bits per heavy atom. The monoisotopic (exact) mass is 530 g/mol. The fourth-order valence-corrected chi connectivity index (χ4v) is 5.66. The number of hydrogen-bond donors (Lipinski definition) is 1. The number of carbonyl (C=O) groups excluding carboxylic acids is 1. The molecular weight excluding hydrogens is 512 g/mol. The number of halogens is 2. The normalized spacial score (nSPS) is 17.6. The van der Waals surface area contributed by atoms with Crippen molar-refractivity contribution >= 4 is 51.0 Å². The van der Waals surface area contributed by atoms with Crippen molar-refractivity contribution in [1.29, 1.82) is 0 Å². The Hall–Kier alpha value is -2.29. The maximum absolute atomic E-state index is 13.0. The summed E-state index contributed by atoms with van der Waals surface area (Å²) in [4.78, 5) is 17.8. The number of benzene rings is 2. The predicted molar refractivity (Wildman–Crippen MR) is 129 cm³/mol. The molecule has 0 bridgehead atoms. The van der Waals surface area contributed by atoms with Gasteiger partial charge in [0.2, 0.25) is 11.1 Å². The largest absolute Gasteiger partial charge is 0.496 e. The van der Waals surface area contributed by atoms with E-state index in [1.807, 2.05) is 42.5 Å². The summed E-state index contributed by atoms with van der Waals surface area (Å²) < 4.78 is 8.37. The third-order valence-corrected chi connectivity index (χ3v) is 7.40. The number of ether oxygens (including phenoxy) is 1. The molecule has 1 unspecified atom stereocenters. The first-order valence-electron chi connectivity index (χ1n) is 10.2. The number of Topliss-reactive ketones (excluding diaryl/α,β-unsaturated/α-hetero) is 1. The fourth-order valence-electron chi connectivity index (χ4n) is 4.16. The maximum atomic E-state index is 13.0. The number of hydrogen-bond acceptors (Lipinski definition) is 6. The van der Waals surface area contributed by atoms with E-state index in [4.69, 9.17) is 26.4 Å². The summed E-state index contributed by atoms with van der Waals surface area (Å²) in [6, 6.07) is 13.2. The van der Waals surface area contributed by atoms with Gasteiger partial charge in [-0.05, 0) is 42.7 Å². The molecule has 2 heterocycles. The number of thioether (sulfide) groups is 1. The molecule has 0 fully saturated rings. The molecule has 164 valence electrons. The van der Waals surface area contributed by atoms with Gasteiger partial charge in [-0.1, -0.05) is 57.5 Å². The maximum Gasteiger partial charge on any atom is 0.227 e. The zero-order valence-electron chi connectivity index (χ0n) is 17.3. The van der Waals surface area contributed by atoms with Gasteiger partial charge in [0, 0.05) is 38.5 Å². The third-order valence-electron chi connectivity index (χ3n) is 5.65. The van der Waals surface area contributed by atoms with E-state index >= 15 is 0 Å². The second kappa shape index (κ2) is 8.92. The number of nitrogens with zero attached hydrogens (tertiary/aromatic N) is 3. The molecule has 32 heavy (non-hydrogen) atoms. The van der Waals surface area contributed by atoms with Crippen LogP contribution in [0.2, 0.25) is 5.02 Å². The van der Waals surface area contributed by atoms with E-state index in [1.54, 1.807) is 11.8 Å². The number of aromatic nitrogens is 3. The van der Waals surface area contributed by atoms with E-state index in [1.165, 1.54) is 11.8 Å². The van der Waals surface area contributed by atoms with Crippen LogP contribution in [0.4, 0.5) is 5.95 Å². The van der Waals surface area contributed by atoms with E-state index in [2.05, 4.69) is 21.2 Å². The molecule has 2 aromatic carbocycles. The van der Waals surface area contributed by atoms with Gasteiger partial charge < -0.3 is 10.1 Å². The summed E-state index contributed by atoms with van der Waals surface area (Å²) in [7, 11) is 1.64. The minimum atomic E-state index is -0.399. The fraction of sp³-hybridized carbons (Fsp3) is 0.261. The van der Waals surface area contributed by atoms with E-state index < -0.39 is 6.04 Å². The molecule has 5 rings (SSSR count). The number of ketones is 1. The van der Waals surface area contributed by atoms with Crippen molar-refractivity contribution < 1.29 is 9.53 Å². The smallest absolute Gasteiger partial charge is 0.227 e. The molecule has 0 saturated carbocycles. The van der Waals surface area contributed by atoms with Crippen molar-refractivity contribution in [3.8, 4) is 5.75 Å². The summed E-state index contributed by atoms with van der Waals surface area (Å²) in [6.45, 7) is 0. The third kappa shape index (κ3) is 3.95. The minimum absolute atomic E-state index is 0.136. The van der Waals surface area contributed by atoms with Crippen molar-refractivity contribution in [2.24, 2.45) is 0 Å². The number of fused-ring (bicyclic) bond motifs is 1. The Labute approximate surface area is 203 Å². The SMILES string of the molecule is COc1ccc(Br)cc1C1C2=C(CCCC2=O)Nc2nc(SCc3ccccc3Cl)nn21. The van der Waals surface area contributed by atoms with E-state index in [0.717, 1.165) is 44.7 Å². The summed E-state index contributed by atoms with van der Waals surface area (Å²) in [6.07, 6.45) is 2.17. The number of nitrogens with one attached hydrogen (secondary N) is 1. The molecule has 0 spiro atoms. The molecule has 0 amide bonds. The zero-order valence-corrected chi connectivity index (χ0v) is 20.4. The Balaban J connectivity index is 1.56. The molecular formula is C23H20BrClN4O2S. The second-order valence-corrected chi connectivity index (χ2v) is 9.89. The van der Waals surface area contributed by atoms with Crippen LogP contribution in [0.1, 0.15) is 36.4 Å². The summed E-state index contributed by atoms with van der Waals surface area (Å²) >= 11 is 11.4. The molecule has 0 saturated heterocycles. The molecule has 1 N–H and O–H groups in total. The molecule has 3 aromatic rings. The quantitative estimate of drug-likeness (QED) is 0.406. The molecule has 2 aliphatic rings. The van der Waals surface area contributed by atoms with Crippen LogP contribution in [-0.2, 0) is 10.5 Å². The number of carbonyl (C=O) groups is 1. The molecule has 1 aliphatic heterocycles. The average molecular weight is 532 g/mol. The first kappa shape index (κ1) is 21.6. The van der Waals surface area contributed by atoms with Gasteiger partial charge in [-0.25, -0.2) is 4.68 Å². The highest BCUT2D eigenvalue weighted by Crippen LogP contribution is 2.44. The van der Waals surface area contributed by atoms with Crippen LogP contribution >= 0.6 is 39.3 Å². The standard InChI is InChI=1S/C23H20BrClN4O2S/c1-31-19-10-9-14(24)11-15(19)21-20-17(7-4-8-18(20)30)26-22-27-23(28-29(21)22)32-12-13-5-2-3-6-16(13)25/h2-3,5-6,9-11,21H,4,7-8,12H2,1H3,(H,26,27,28). The lowest BCUT2D eigenvalue weighted by Gasteiger charge is -2.32. The van der Waals surface area contributed by atoms with Crippen LogP contribution in [0.15, 0.2) is 63.4 Å². The minimum Gasteiger partial charge on any atom is -0.496 e. The van der Waals surface area contributed by atoms with Crippen molar-refractivity contribution in [3.05, 3.63) is 74.4 Å². The topological polar surface area (TPSA) is 69.0 Å². The van der Waals surface area contributed by atoms with Gasteiger partial charge in [0.15, 0.2) is 5.78 Å². The van der Waals surface area contributed by atoms with Crippen molar-refractivity contribution in [1.82, 2.24) is 14.8 Å². The van der Waals surface area contributed by atoms with Crippen LogP contribution in [0.3, 0.4) is 0 Å². The van der Waals surface area contributed by atoms with Gasteiger partial charge in [-0.15, -0.1) is 5.10 Å². The van der Waals surface area contributed by atoms with Crippen molar-refractivity contribution in [2.45, 2.75) is 36.2 Å². The lowest BCUT2D eigenvalue weighted by molar-refractivity contribution is -0.116. The van der Waals surface area contributed by atoms with Crippen molar-refractivity contribution in [2.75, 3.05) is 12.4 Å². The van der Waals surface area contributed by atoms with Gasteiger partial charge in [0.05, 0.1) is 7.11 Å². The molecule has 1 aromatic heterocycles. The number of rotatable bonds is 5. The zero-order chi connectivity index (χ0) is 22.2. The number of allylic oxidation sites excluding steroid dienone is 2. The summed E-state index contributed by atoms with van der Waals surface area (Å²) in [5, 5.41) is 9.50. The summed E-state index contributed by atoms with van der Waals surface area (Å²) in [5.74, 6) is 2.13. The van der Waals surface area contributed by atoms with Gasteiger partial charge in [0.25, 0.3) is 0 Å². The average Bonchev–Trinajstić information content (AvgIpc) is 3.20. The first-order valence-corrected chi connectivity index (χ1v) is 12.4. The summed E-state index contributed by atoms with van der Waals surface area (Å²) in [5.41, 5.74) is 3.57. The highest BCUT2D eigenvalue weighted by Gasteiger charge is 2.38. The van der Waals surface area contributed by atoms with Crippen LogP contribution in [-0.4, -0.2) is 27.7 Å². The number of methoxy groups -OCH3 is 1. The highest BCUT2D eigenvalue weighted by atomic mass is 79.9. The Bertz CT molecular complexity index is 1240. The Kier molecular flexibility index (Phi) is 6.01. The van der Waals surface area contributed by atoms with E-state index in [0.29, 0.717) is 29.0 Å². The number of anilines is 1. The van der Waals surface area contributed by atoms with Crippen LogP contribution in [0, 0.1) is 0 Å². The van der Waals surface area contributed by atoms with Crippen LogP contribution in [0.25, 0.3) is 0 Å². The molecule has 1 aliphatic carbocycles. The van der Waals surface area contributed by atoms with Crippen molar-refractivity contribution in [3.63, 3.8) is 0 Å². The van der Waals surface area contributed by atoms with Crippen LogP contribution < -0.4 is 10.1 Å². The molecule has 1 atom stereocenters. The Morgan fingerprint density at radius 1 is 1.28 bits per heavy atom. The van der Waals surface area contributed by atoms with E-state index in [-0.39, 0.29) is 5.78 Å². The van der Waals surface area contributed by atoms with E-state index in [9.17, 15) is 4.79 Å². The Morgan fingerprint density at radius 2 is 2.12 bits per heavy atom. The first-order chi connectivity index (χ1) is 15.5. The molecule has 6 nitrogen and oxygen atoms in total. The van der Waals surface area contributed by atoms with Gasteiger partial charge in [-0.3, -0.25) is 4.79 Å². The van der Waals surface area contributed by atoms with Gasteiger partial charge >= 0.3 is 0 Å². The highest BCUT2D eigenvalue weighted by molar-refractivity contribution is 9.10. The molecule has 9 heteroatoms. The lowest BCUT2D eigenvalue weighted by Crippen LogP contribution is -2.31. The van der Waals surface area contributed by atoms with Crippen LogP contribution in [0.5, 0.6) is 5.75 Å². The second-order valence-electron chi connectivity index (χ2n) is 7.63.